The van der Waals surface area contributed by atoms with Gasteiger partial charge in [0.1, 0.15) is 11.8 Å². The lowest BCUT2D eigenvalue weighted by Gasteiger charge is -2.17. The monoisotopic (exact) mass is 382 g/mol. The van der Waals surface area contributed by atoms with Crippen LogP contribution < -0.4 is 15.4 Å². The number of halogens is 3. The molecule has 0 bridgehead atoms. The van der Waals surface area contributed by atoms with Gasteiger partial charge in [-0.2, -0.15) is 13.2 Å². The summed E-state index contributed by atoms with van der Waals surface area (Å²) >= 11 is 0. The lowest BCUT2D eigenvalue weighted by atomic mass is 10.1. The first kappa shape index (κ1) is 20.2. The number of benzene rings is 2. The van der Waals surface area contributed by atoms with Crippen LogP contribution in [0, 0.1) is 0 Å². The standard InChI is InChI=1S/C18H17F3N2O4/c1-27-14-7-2-4-11(8-14)16(25)23-15(10-24)17(26)22-13-6-3-5-12(9-13)18(19,20)21/h2-9,15,24H,10H2,1H3,(H,22,26)(H,23,25). The minimum Gasteiger partial charge on any atom is -0.497 e. The second kappa shape index (κ2) is 8.54. The lowest BCUT2D eigenvalue weighted by molar-refractivity contribution is -0.137. The highest BCUT2D eigenvalue weighted by atomic mass is 19.4. The first-order valence-corrected chi connectivity index (χ1v) is 7.78. The quantitative estimate of drug-likeness (QED) is 0.716. The number of alkyl halides is 3. The Hall–Kier alpha value is -3.07. The average molecular weight is 382 g/mol. The third-order valence-electron chi connectivity index (χ3n) is 3.59. The van der Waals surface area contributed by atoms with Gasteiger partial charge < -0.3 is 20.5 Å². The van der Waals surface area contributed by atoms with Gasteiger partial charge in [-0.25, -0.2) is 0 Å². The van der Waals surface area contributed by atoms with E-state index >= 15 is 0 Å². The van der Waals surface area contributed by atoms with Crippen molar-refractivity contribution >= 4 is 17.5 Å². The molecule has 1 unspecified atom stereocenters. The summed E-state index contributed by atoms with van der Waals surface area (Å²) in [6.45, 7) is -0.736. The van der Waals surface area contributed by atoms with Crippen molar-refractivity contribution in [3.8, 4) is 5.75 Å². The molecule has 0 aromatic heterocycles. The van der Waals surface area contributed by atoms with E-state index in [1.165, 1.54) is 25.3 Å². The van der Waals surface area contributed by atoms with E-state index in [2.05, 4.69) is 10.6 Å². The number of aliphatic hydroxyl groups excluding tert-OH is 1. The van der Waals surface area contributed by atoms with Crippen molar-refractivity contribution in [3.05, 3.63) is 59.7 Å². The zero-order chi connectivity index (χ0) is 20.0. The normalized spacial score (nSPS) is 12.2. The average Bonchev–Trinajstić information content (AvgIpc) is 2.65. The van der Waals surface area contributed by atoms with Crippen LogP contribution in [0.5, 0.6) is 5.75 Å². The van der Waals surface area contributed by atoms with Crippen LogP contribution in [0.1, 0.15) is 15.9 Å². The summed E-state index contributed by atoms with van der Waals surface area (Å²) in [5, 5.41) is 13.9. The van der Waals surface area contributed by atoms with E-state index in [0.29, 0.717) is 5.75 Å². The predicted octanol–water partition coefficient (Wildman–Crippen LogP) is 2.44. The van der Waals surface area contributed by atoms with E-state index in [1.54, 1.807) is 12.1 Å². The molecule has 0 heterocycles. The number of ether oxygens (including phenoxy) is 1. The number of methoxy groups -OCH3 is 1. The number of carbonyl (C=O) groups excluding carboxylic acids is 2. The van der Waals surface area contributed by atoms with E-state index in [4.69, 9.17) is 4.74 Å². The van der Waals surface area contributed by atoms with Gasteiger partial charge in [0.05, 0.1) is 19.3 Å². The Morgan fingerprint density at radius 1 is 1.15 bits per heavy atom. The van der Waals surface area contributed by atoms with Gasteiger partial charge in [0.25, 0.3) is 5.91 Å². The summed E-state index contributed by atoms with van der Waals surface area (Å²) < 4.78 is 43.2. The Morgan fingerprint density at radius 2 is 1.85 bits per heavy atom. The molecule has 0 aliphatic rings. The molecule has 2 aromatic carbocycles. The van der Waals surface area contributed by atoms with Gasteiger partial charge in [0.2, 0.25) is 5.91 Å². The fourth-order valence-electron chi connectivity index (χ4n) is 2.20. The molecule has 6 nitrogen and oxygen atoms in total. The number of nitrogens with one attached hydrogen (secondary N) is 2. The maximum Gasteiger partial charge on any atom is 0.416 e. The molecule has 2 aromatic rings. The topological polar surface area (TPSA) is 87.7 Å². The number of aliphatic hydroxyl groups is 1. The first-order valence-electron chi connectivity index (χ1n) is 7.78. The lowest BCUT2D eigenvalue weighted by Crippen LogP contribution is -2.46. The number of carbonyl (C=O) groups is 2. The molecule has 144 valence electrons. The van der Waals surface area contributed by atoms with Crippen LogP contribution in [-0.4, -0.2) is 36.7 Å². The predicted molar refractivity (Wildman–Crippen MR) is 91.4 cm³/mol. The minimum absolute atomic E-state index is 0.107. The van der Waals surface area contributed by atoms with Crippen molar-refractivity contribution in [3.63, 3.8) is 0 Å². The summed E-state index contributed by atoms with van der Waals surface area (Å²) in [7, 11) is 1.43. The summed E-state index contributed by atoms with van der Waals surface area (Å²) in [5.41, 5.74) is -0.843. The molecule has 0 saturated carbocycles. The van der Waals surface area contributed by atoms with E-state index < -0.39 is 36.2 Å². The molecular weight excluding hydrogens is 365 g/mol. The Kier molecular flexibility index (Phi) is 6.40. The maximum atomic E-state index is 12.7. The van der Waals surface area contributed by atoms with E-state index in [-0.39, 0.29) is 11.3 Å². The molecule has 0 aliphatic carbocycles. The molecule has 1 atom stereocenters. The van der Waals surface area contributed by atoms with E-state index in [1.807, 2.05) is 0 Å². The van der Waals surface area contributed by atoms with Crippen LogP contribution in [0.3, 0.4) is 0 Å². The molecule has 0 aliphatic heterocycles. The molecule has 0 saturated heterocycles. The van der Waals surface area contributed by atoms with E-state index in [9.17, 15) is 27.9 Å². The molecule has 2 rings (SSSR count). The van der Waals surface area contributed by atoms with Gasteiger partial charge in [0, 0.05) is 11.3 Å². The summed E-state index contributed by atoms with van der Waals surface area (Å²) in [6.07, 6.45) is -4.56. The zero-order valence-electron chi connectivity index (χ0n) is 14.2. The van der Waals surface area contributed by atoms with Crippen molar-refractivity contribution in [2.24, 2.45) is 0 Å². The van der Waals surface area contributed by atoms with Crippen molar-refractivity contribution in [2.45, 2.75) is 12.2 Å². The maximum absolute atomic E-state index is 12.7. The van der Waals surface area contributed by atoms with Crippen LogP contribution in [0.25, 0.3) is 0 Å². The Bertz CT molecular complexity index is 824. The summed E-state index contributed by atoms with van der Waals surface area (Å²) in [6, 6.07) is 8.81. The van der Waals surface area contributed by atoms with Crippen molar-refractivity contribution in [1.82, 2.24) is 5.32 Å². The third kappa shape index (κ3) is 5.45. The first-order chi connectivity index (χ1) is 12.7. The SMILES string of the molecule is COc1cccc(C(=O)NC(CO)C(=O)Nc2cccc(C(F)(F)F)c2)c1. The summed E-state index contributed by atoms with van der Waals surface area (Å²) in [5.74, 6) is -1.07. The molecule has 27 heavy (non-hydrogen) atoms. The summed E-state index contributed by atoms with van der Waals surface area (Å²) in [4.78, 5) is 24.4. The zero-order valence-corrected chi connectivity index (χ0v) is 14.2. The smallest absolute Gasteiger partial charge is 0.416 e. The molecule has 2 amide bonds. The van der Waals surface area contributed by atoms with Gasteiger partial charge in [-0.3, -0.25) is 9.59 Å². The molecule has 9 heteroatoms. The van der Waals surface area contributed by atoms with Crippen molar-refractivity contribution in [2.75, 3.05) is 19.0 Å². The highest BCUT2D eigenvalue weighted by Gasteiger charge is 2.30. The van der Waals surface area contributed by atoms with Crippen LogP contribution in [0.15, 0.2) is 48.5 Å². The van der Waals surface area contributed by atoms with Gasteiger partial charge in [-0.15, -0.1) is 0 Å². The number of amides is 2. The molecule has 3 N–H and O–H groups in total. The highest BCUT2D eigenvalue weighted by molar-refractivity contribution is 6.01. The van der Waals surface area contributed by atoms with Gasteiger partial charge in [0.15, 0.2) is 0 Å². The third-order valence-corrected chi connectivity index (χ3v) is 3.59. The van der Waals surface area contributed by atoms with Crippen LogP contribution in [0.2, 0.25) is 0 Å². The van der Waals surface area contributed by atoms with Crippen molar-refractivity contribution in [1.29, 1.82) is 0 Å². The van der Waals surface area contributed by atoms with Gasteiger partial charge >= 0.3 is 6.18 Å². The largest absolute Gasteiger partial charge is 0.497 e. The highest BCUT2D eigenvalue weighted by Crippen LogP contribution is 2.30. The van der Waals surface area contributed by atoms with Crippen LogP contribution in [0.4, 0.5) is 18.9 Å². The number of rotatable bonds is 6. The fraction of sp³-hybridized carbons (Fsp3) is 0.222. The van der Waals surface area contributed by atoms with Gasteiger partial charge in [-0.05, 0) is 36.4 Å². The Labute approximate surface area is 153 Å². The fourth-order valence-corrected chi connectivity index (χ4v) is 2.20. The molecular formula is C18H17F3N2O4. The second-order valence-corrected chi connectivity index (χ2v) is 5.51. The Morgan fingerprint density at radius 3 is 2.48 bits per heavy atom. The Balaban J connectivity index is 2.08. The number of anilines is 1. The molecule has 0 fully saturated rings. The van der Waals surface area contributed by atoms with Gasteiger partial charge in [-0.1, -0.05) is 12.1 Å². The van der Waals surface area contributed by atoms with Crippen LogP contribution >= 0.6 is 0 Å². The number of hydrogen-bond acceptors (Lipinski definition) is 4. The van der Waals surface area contributed by atoms with E-state index in [0.717, 1.165) is 18.2 Å². The molecule has 0 radical (unpaired) electrons. The van der Waals surface area contributed by atoms with Crippen LogP contribution in [-0.2, 0) is 11.0 Å². The second-order valence-electron chi connectivity index (χ2n) is 5.51. The van der Waals surface area contributed by atoms with Crippen molar-refractivity contribution < 1.29 is 32.6 Å². The molecule has 0 spiro atoms. The number of hydrogen-bond donors (Lipinski definition) is 3. The minimum atomic E-state index is -4.56.